The summed E-state index contributed by atoms with van der Waals surface area (Å²) < 4.78 is 21.0. The highest BCUT2D eigenvalue weighted by molar-refractivity contribution is 4.99. The van der Waals surface area contributed by atoms with Gasteiger partial charge in [0.15, 0.2) is 0 Å². The minimum absolute atomic E-state index is 0.235. The molecule has 2 nitrogen and oxygen atoms in total. The smallest absolute Gasteiger partial charge is 0.148 e. The molecule has 0 amide bonds. The molecule has 0 aromatic heterocycles. The normalized spacial score (nSPS) is 26.6. The van der Waals surface area contributed by atoms with E-state index in [1.165, 1.54) is 6.17 Å². The average molecular weight is 130 g/mol. The highest BCUT2D eigenvalue weighted by atomic mass is 19.1. The maximum Gasteiger partial charge on any atom is 0.148 e. The van der Waals surface area contributed by atoms with Crippen LogP contribution in [0.25, 0.3) is 0 Å². The molecule has 0 bridgehead atoms. The van der Waals surface area contributed by atoms with Crippen molar-refractivity contribution in [2.45, 2.75) is 12.5 Å². The summed E-state index contributed by atoms with van der Waals surface area (Å²) in [5.41, 5.74) is 0. The van der Waals surface area contributed by atoms with Crippen LogP contribution < -0.4 is 0 Å². The van der Waals surface area contributed by atoms with Gasteiger partial charge < -0.3 is 9.47 Å². The zero-order chi connectivity index (χ0) is 6.53. The predicted molar refractivity (Wildman–Crippen MR) is 29.2 cm³/mol. The third kappa shape index (κ3) is 2.00. The monoisotopic (exact) mass is 130 g/mol. The van der Waals surface area contributed by atoms with Gasteiger partial charge in [-0.3, -0.25) is 0 Å². The minimum Gasteiger partial charge on any atom is -0.355 e. The summed E-state index contributed by atoms with van der Waals surface area (Å²) in [6.07, 6.45) is 1.71. The molecule has 1 atom stereocenters. The summed E-state index contributed by atoms with van der Waals surface area (Å²) in [6.45, 7) is 0.846. The average Bonchev–Trinajstić information content (AvgIpc) is 1.91. The standard InChI is InChI=1S/C6H7FO2/c7-3-1-6-2-4-8-5-9-6/h6H,2,4-5H2. The molecule has 3 heteroatoms. The Morgan fingerprint density at radius 3 is 3.00 bits per heavy atom. The molecule has 0 N–H and O–H groups in total. The topological polar surface area (TPSA) is 18.5 Å². The summed E-state index contributed by atoms with van der Waals surface area (Å²) >= 11 is 0. The van der Waals surface area contributed by atoms with Gasteiger partial charge in [-0.15, -0.1) is 4.39 Å². The van der Waals surface area contributed by atoms with Crippen LogP contribution in [0.15, 0.2) is 0 Å². The molecule has 0 aromatic carbocycles. The molecule has 50 valence electrons. The highest BCUT2D eigenvalue weighted by Crippen LogP contribution is 2.03. The first-order chi connectivity index (χ1) is 4.43. The van der Waals surface area contributed by atoms with E-state index >= 15 is 0 Å². The van der Waals surface area contributed by atoms with Crippen LogP contribution in [-0.2, 0) is 9.47 Å². The van der Waals surface area contributed by atoms with Gasteiger partial charge in [-0.1, -0.05) is 0 Å². The summed E-state index contributed by atoms with van der Waals surface area (Å²) in [6, 6.07) is 0. The fourth-order valence-corrected chi connectivity index (χ4v) is 0.638. The van der Waals surface area contributed by atoms with E-state index in [-0.39, 0.29) is 12.9 Å². The summed E-state index contributed by atoms with van der Waals surface area (Å²) in [5.74, 6) is 2.27. The Morgan fingerprint density at radius 2 is 2.44 bits per heavy atom. The Kier molecular flexibility index (Phi) is 2.49. The molecule has 0 radical (unpaired) electrons. The lowest BCUT2D eigenvalue weighted by molar-refractivity contribution is -0.120. The van der Waals surface area contributed by atoms with E-state index in [1.807, 2.05) is 0 Å². The first-order valence-corrected chi connectivity index (χ1v) is 2.74. The number of halogens is 1. The van der Waals surface area contributed by atoms with E-state index in [9.17, 15) is 4.39 Å². The Morgan fingerprint density at radius 1 is 1.56 bits per heavy atom. The minimum atomic E-state index is -0.260. The third-order valence-corrected chi connectivity index (χ3v) is 1.09. The van der Waals surface area contributed by atoms with E-state index in [1.54, 1.807) is 0 Å². The zero-order valence-electron chi connectivity index (χ0n) is 4.89. The quantitative estimate of drug-likeness (QED) is 0.449. The van der Waals surface area contributed by atoms with Gasteiger partial charge in [0.1, 0.15) is 19.1 Å². The lowest BCUT2D eigenvalue weighted by Gasteiger charge is -2.17. The fourth-order valence-electron chi connectivity index (χ4n) is 0.638. The van der Waals surface area contributed by atoms with Crippen molar-refractivity contribution in [3.8, 4) is 12.1 Å². The molecule has 9 heavy (non-hydrogen) atoms. The van der Waals surface area contributed by atoms with Crippen LogP contribution in [0.1, 0.15) is 6.42 Å². The Bertz CT molecular complexity index is 130. The van der Waals surface area contributed by atoms with Crippen LogP contribution in [0.3, 0.4) is 0 Å². The van der Waals surface area contributed by atoms with Gasteiger partial charge in [0, 0.05) is 6.42 Å². The summed E-state index contributed by atoms with van der Waals surface area (Å²) in [7, 11) is 0. The molecule has 1 fully saturated rings. The number of hydrogen-bond acceptors (Lipinski definition) is 2. The number of hydrogen-bond donors (Lipinski definition) is 0. The van der Waals surface area contributed by atoms with Gasteiger partial charge in [-0.05, 0) is 5.92 Å². The Balaban J connectivity index is 2.28. The molecule has 1 heterocycles. The van der Waals surface area contributed by atoms with Gasteiger partial charge in [0.25, 0.3) is 0 Å². The molecule has 0 spiro atoms. The predicted octanol–water partition coefficient (Wildman–Crippen LogP) is 0.680. The van der Waals surface area contributed by atoms with Gasteiger partial charge >= 0.3 is 0 Å². The van der Waals surface area contributed by atoms with Crippen molar-refractivity contribution in [1.29, 1.82) is 0 Å². The molecule has 0 saturated carbocycles. The Labute approximate surface area is 52.9 Å². The van der Waals surface area contributed by atoms with Crippen LogP contribution in [0.4, 0.5) is 4.39 Å². The van der Waals surface area contributed by atoms with Crippen LogP contribution in [0.2, 0.25) is 0 Å². The first-order valence-electron chi connectivity index (χ1n) is 2.74. The molecule has 0 aliphatic carbocycles. The van der Waals surface area contributed by atoms with Crippen molar-refractivity contribution in [1.82, 2.24) is 0 Å². The number of rotatable bonds is 0. The maximum atomic E-state index is 11.3. The molecular formula is C6H7FO2. The number of ether oxygens (including phenoxy) is 2. The maximum absolute atomic E-state index is 11.3. The van der Waals surface area contributed by atoms with Gasteiger partial charge in [-0.25, -0.2) is 0 Å². The van der Waals surface area contributed by atoms with E-state index in [2.05, 4.69) is 5.92 Å². The Hall–Kier alpha value is -0.590. The van der Waals surface area contributed by atoms with Crippen LogP contribution >= 0.6 is 0 Å². The van der Waals surface area contributed by atoms with Gasteiger partial charge in [-0.2, -0.15) is 0 Å². The van der Waals surface area contributed by atoms with Gasteiger partial charge in [0.05, 0.1) is 6.61 Å². The molecule has 1 rings (SSSR count). The van der Waals surface area contributed by atoms with Crippen LogP contribution in [-0.4, -0.2) is 19.5 Å². The fraction of sp³-hybridized carbons (Fsp3) is 0.667. The van der Waals surface area contributed by atoms with E-state index in [0.717, 1.165) is 0 Å². The molecule has 1 unspecified atom stereocenters. The lowest BCUT2D eigenvalue weighted by Crippen LogP contribution is -2.21. The first kappa shape index (κ1) is 6.53. The van der Waals surface area contributed by atoms with Crippen molar-refractivity contribution < 1.29 is 13.9 Å². The van der Waals surface area contributed by atoms with Crippen molar-refractivity contribution in [3.05, 3.63) is 0 Å². The second-order valence-electron chi connectivity index (χ2n) is 1.71. The van der Waals surface area contributed by atoms with Crippen molar-refractivity contribution in [2.75, 3.05) is 13.4 Å². The van der Waals surface area contributed by atoms with Crippen LogP contribution in [0.5, 0.6) is 0 Å². The SMILES string of the molecule is FC#CC1CCOCO1. The summed E-state index contributed by atoms with van der Waals surface area (Å²) in [4.78, 5) is 0. The van der Waals surface area contributed by atoms with E-state index < -0.39 is 0 Å². The lowest BCUT2D eigenvalue weighted by atomic mass is 10.3. The molecule has 1 aliphatic heterocycles. The molecule has 1 aliphatic rings. The van der Waals surface area contributed by atoms with Crippen LogP contribution in [0, 0.1) is 12.1 Å². The second-order valence-corrected chi connectivity index (χ2v) is 1.71. The third-order valence-electron chi connectivity index (χ3n) is 1.09. The van der Waals surface area contributed by atoms with Crippen molar-refractivity contribution in [3.63, 3.8) is 0 Å². The van der Waals surface area contributed by atoms with Gasteiger partial charge in [0.2, 0.25) is 0 Å². The van der Waals surface area contributed by atoms with E-state index in [4.69, 9.17) is 9.47 Å². The molecule has 1 saturated heterocycles. The summed E-state index contributed by atoms with van der Waals surface area (Å²) in [5, 5.41) is 0. The molecular weight excluding hydrogens is 123 g/mol. The second kappa shape index (κ2) is 3.44. The van der Waals surface area contributed by atoms with E-state index in [0.29, 0.717) is 13.0 Å². The highest BCUT2D eigenvalue weighted by Gasteiger charge is 2.09. The largest absolute Gasteiger partial charge is 0.355 e. The zero-order valence-corrected chi connectivity index (χ0v) is 4.89. The van der Waals surface area contributed by atoms with Crippen molar-refractivity contribution >= 4 is 0 Å². The molecule has 0 aromatic rings. The van der Waals surface area contributed by atoms with Crippen molar-refractivity contribution in [2.24, 2.45) is 0 Å².